The zero-order valence-corrected chi connectivity index (χ0v) is 18.3. The summed E-state index contributed by atoms with van der Waals surface area (Å²) in [4.78, 5) is 17.5. The molecule has 0 aliphatic heterocycles. The van der Waals surface area contributed by atoms with Gasteiger partial charge in [-0.2, -0.15) is 0 Å². The van der Waals surface area contributed by atoms with Gasteiger partial charge >= 0.3 is 0 Å². The average Bonchev–Trinajstić information content (AvgIpc) is 3.13. The molecule has 1 aromatic heterocycles. The quantitative estimate of drug-likeness (QED) is 0.443. The van der Waals surface area contributed by atoms with Crippen LogP contribution in [0.25, 0.3) is 5.70 Å². The van der Waals surface area contributed by atoms with Gasteiger partial charge in [-0.15, -0.1) is 0 Å². The number of amides is 1. The normalized spacial score (nSPS) is 11.1. The van der Waals surface area contributed by atoms with Crippen molar-refractivity contribution >= 4 is 45.5 Å². The lowest BCUT2D eigenvalue weighted by Crippen LogP contribution is -2.11. The third kappa shape index (κ3) is 5.43. The third-order valence-corrected chi connectivity index (χ3v) is 5.90. The molecule has 0 unspecified atom stereocenters. The number of nitrogens with one attached hydrogen (secondary N) is 2. The van der Waals surface area contributed by atoms with Crippen molar-refractivity contribution in [3.63, 3.8) is 0 Å². The monoisotopic (exact) mass is 438 g/mol. The molecule has 0 fully saturated rings. The van der Waals surface area contributed by atoms with Crippen molar-refractivity contribution in [1.82, 2.24) is 4.98 Å². The Morgan fingerprint density at radius 1 is 1.17 bits per heavy atom. The summed E-state index contributed by atoms with van der Waals surface area (Å²) in [6.07, 6.45) is 0. The molecule has 3 rings (SSSR count). The highest BCUT2D eigenvalue weighted by Gasteiger charge is 2.13. The van der Waals surface area contributed by atoms with E-state index in [0.717, 1.165) is 22.0 Å². The molecule has 0 saturated heterocycles. The molecule has 1 heterocycles. The maximum Gasteiger partial charge on any atom is 0.257 e. The van der Waals surface area contributed by atoms with Crippen LogP contribution in [0.5, 0.6) is 5.75 Å². The van der Waals surface area contributed by atoms with Gasteiger partial charge < -0.3 is 15.8 Å². The second-order valence-corrected chi connectivity index (χ2v) is 8.16. The molecule has 0 radical (unpaired) electrons. The summed E-state index contributed by atoms with van der Waals surface area (Å²) in [5, 5.41) is 9.03. The number of aromatic nitrogens is 1. The van der Waals surface area contributed by atoms with Crippen LogP contribution in [-0.2, 0) is 0 Å². The van der Waals surface area contributed by atoms with E-state index in [1.54, 1.807) is 24.7 Å². The fraction of sp³-hybridized carbons (Fsp3) is 0.0909. The van der Waals surface area contributed by atoms with Crippen molar-refractivity contribution in [3.8, 4) is 5.75 Å². The Bertz CT molecular complexity index is 1080. The fourth-order valence-corrected chi connectivity index (χ4v) is 4.11. The Morgan fingerprint density at radius 3 is 2.60 bits per heavy atom. The molecule has 0 atom stereocenters. The molecular weight excluding hydrogens is 416 g/mol. The summed E-state index contributed by atoms with van der Waals surface area (Å²) in [6, 6.07) is 16.6. The van der Waals surface area contributed by atoms with Crippen LogP contribution in [0.1, 0.15) is 20.9 Å². The second-order valence-electron chi connectivity index (χ2n) is 6.19. The highest BCUT2D eigenvalue weighted by atomic mass is 32.2. The van der Waals surface area contributed by atoms with Crippen LogP contribution >= 0.6 is 23.1 Å². The Kier molecular flexibility index (Phi) is 7.16. The zero-order valence-electron chi connectivity index (χ0n) is 16.6. The van der Waals surface area contributed by atoms with Gasteiger partial charge in [-0.05, 0) is 31.2 Å². The SMILES string of the molecule is C=C(Nc1ccccc1OC)S/C=C(\N)c1sc(NC(=O)c2ccccc2)nc1C. The Hall–Kier alpha value is -3.23. The number of methoxy groups -OCH3 is 1. The Labute approximate surface area is 183 Å². The first-order valence-electron chi connectivity index (χ1n) is 9.03. The standard InChI is InChI=1S/C22H22N4O2S2/c1-14-20(30-22(24-14)26-21(27)16-9-5-4-6-10-16)17(23)13-29-15(2)25-18-11-7-8-12-19(18)28-3/h4-13,25H,2,23H2,1,3H3,(H,24,26,27)/b17-13-. The number of ether oxygens (including phenoxy) is 1. The number of carbonyl (C=O) groups excluding carboxylic acids is 1. The van der Waals surface area contributed by atoms with E-state index in [9.17, 15) is 4.79 Å². The van der Waals surface area contributed by atoms with E-state index in [1.165, 1.54) is 23.1 Å². The van der Waals surface area contributed by atoms with Gasteiger partial charge in [-0.3, -0.25) is 10.1 Å². The smallest absolute Gasteiger partial charge is 0.257 e. The molecule has 1 amide bonds. The van der Waals surface area contributed by atoms with E-state index in [0.29, 0.717) is 21.4 Å². The third-order valence-electron chi connectivity index (χ3n) is 4.02. The highest BCUT2D eigenvalue weighted by molar-refractivity contribution is 8.06. The van der Waals surface area contributed by atoms with Crippen LogP contribution in [-0.4, -0.2) is 18.0 Å². The minimum Gasteiger partial charge on any atom is -0.495 e. The van der Waals surface area contributed by atoms with Gasteiger partial charge in [-0.25, -0.2) is 4.98 Å². The molecule has 3 aromatic rings. The molecular formula is C22H22N4O2S2. The minimum absolute atomic E-state index is 0.206. The lowest BCUT2D eigenvalue weighted by molar-refractivity contribution is 0.102. The molecule has 0 aliphatic carbocycles. The van der Waals surface area contributed by atoms with Crippen LogP contribution in [0.4, 0.5) is 10.8 Å². The van der Waals surface area contributed by atoms with Crippen molar-refractivity contribution in [2.24, 2.45) is 5.73 Å². The molecule has 2 aromatic carbocycles. The topological polar surface area (TPSA) is 89.3 Å². The van der Waals surface area contributed by atoms with E-state index in [2.05, 4.69) is 22.2 Å². The van der Waals surface area contributed by atoms with Gasteiger partial charge in [0.05, 0.1) is 34.1 Å². The van der Waals surface area contributed by atoms with E-state index in [1.807, 2.05) is 49.4 Å². The largest absolute Gasteiger partial charge is 0.495 e. The van der Waals surface area contributed by atoms with Crippen LogP contribution in [0.3, 0.4) is 0 Å². The van der Waals surface area contributed by atoms with Crippen LogP contribution < -0.4 is 21.1 Å². The molecule has 8 heteroatoms. The molecule has 0 spiro atoms. The molecule has 30 heavy (non-hydrogen) atoms. The summed E-state index contributed by atoms with van der Waals surface area (Å²) in [5.41, 5.74) is 8.96. The molecule has 0 saturated carbocycles. The number of carbonyl (C=O) groups is 1. The molecule has 154 valence electrons. The first kappa shape index (κ1) is 21.5. The van der Waals surface area contributed by atoms with Gasteiger partial charge in [0.1, 0.15) is 5.75 Å². The summed E-state index contributed by atoms with van der Waals surface area (Å²) in [6.45, 7) is 5.88. The molecule has 4 N–H and O–H groups in total. The first-order chi connectivity index (χ1) is 14.5. The number of thiazole rings is 1. The number of para-hydroxylation sites is 2. The number of aryl methyl sites for hydroxylation is 1. The molecule has 0 aliphatic rings. The highest BCUT2D eigenvalue weighted by Crippen LogP contribution is 2.31. The number of nitrogens with two attached hydrogens (primary N) is 1. The summed E-state index contributed by atoms with van der Waals surface area (Å²) in [5.74, 6) is 0.524. The van der Waals surface area contributed by atoms with Crippen LogP contribution in [0.15, 0.2) is 71.6 Å². The van der Waals surface area contributed by atoms with Gasteiger partial charge in [0.25, 0.3) is 5.91 Å². The van der Waals surface area contributed by atoms with Crippen molar-refractivity contribution < 1.29 is 9.53 Å². The van der Waals surface area contributed by atoms with E-state index in [-0.39, 0.29) is 5.91 Å². The van der Waals surface area contributed by atoms with Crippen LogP contribution in [0.2, 0.25) is 0 Å². The maximum atomic E-state index is 12.3. The molecule has 6 nitrogen and oxygen atoms in total. The number of hydrogen-bond donors (Lipinski definition) is 3. The average molecular weight is 439 g/mol. The van der Waals surface area contributed by atoms with Gasteiger partial charge in [0.2, 0.25) is 0 Å². The van der Waals surface area contributed by atoms with Crippen LogP contribution in [0, 0.1) is 6.92 Å². The maximum absolute atomic E-state index is 12.3. The summed E-state index contributed by atoms with van der Waals surface area (Å²) >= 11 is 2.70. The second kappa shape index (κ2) is 10.00. The van der Waals surface area contributed by atoms with Crippen molar-refractivity contribution in [3.05, 3.63) is 87.7 Å². The predicted octanol–water partition coefficient (Wildman–Crippen LogP) is 5.29. The van der Waals surface area contributed by atoms with E-state index >= 15 is 0 Å². The Balaban J connectivity index is 1.65. The number of benzene rings is 2. The molecule has 0 bridgehead atoms. The first-order valence-corrected chi connectivity index (χ1v) is 10.7. The van der Waals surface area contributed by atoms with Gasteiger partial charge in [0.15, 0.2) is 5.13 Å². The summed E-state index contributed by atoms with van der Waals surface area (Å²) in [7, 11) is 1.62. The number of nitrogens with zero attached hydrogens (tertiary/aromatic N) is 1. The summed E-state index contributed by atoms with van der Waals surface area (Å²) < 4.78 is 5.33. The van der Waals surface area contributed by atoms with Gasteiger partial charge in [-0.1, -0.05) is 60.0 Å². The fourth-order valence-electron chi connectivity index (χ4n) is 2.59. The lowest BCUT2D eigenvalue weighted by atomic mass is 10.2. The van der Waals surface area contributed by atoms with E-state index < -0.39 is 0 Å². The van der Waals surface area contributed by atoms with Crippen molar-refractivity contribution in [1.29, 1.82) is 0 Å². The predicted molar refractivity (Wildman–Crippen MR) is 127 cm³/mol. The zero-order chi connectivity index (χ0) is 21.5. The van der Waals surface area contributed by atoms with Gasteiger partial charge in [0, 0.05) is 11.0 Å². The Morgan fingerprint density at radius 2 is 1.87 bits per heavy atom. The number of thioether (sulfide) groups is 1. The number of hydrogen-bond acceptors (Lipinski definition) is 7. The number of anilines is 2. The number of rotatable bonds is 8. The van der Waals surface area contributed by atoms with E-state index in [4.69, 9.17) is 10.5 Å². The minimum atomic E-state index is -0.206. The van der Waals surface area contributed by atoms with Crippen molar-refractivity contribution in [2.45, 2.75) is 6.92 Å². The van der Waals surface area contributed by atoms with Crippen molar-refractivity contribution in [2.75, 3.05) is 17.7 Å². The lowest BCUT2D eigenvalue weighted by Gasteiger charge is -2.11.